The maximum Gasteiger partial charge on any atom is 0.122 e. The highest BCUT2D eigenvalue weighted by atomic mass is 32.1. The topological polar surface area (TPSA) is 38.0 Å². The van der Waals surface area contributed by atoms with Crippen LogP contribution in [0.5, 0.6) is 0 Å². The van der Waals surface area contributed by atoms with E-state index in [0.717, 1.165) is 28.9 Å². The fourth-order valence-corrected chi connectivity index (χ4v) is 3.32. The molecule has 0 aliphatic rings. The van der Waals surface area contributed by atoms with Gasteiger partial charge in [0.2, 0.25) is 0 Å². The van der Waals surface area contributed by atoms with E-state index in [2.05, 4.69) is 29.4 Å². The molecule has 1 unspecified atom stereocenters. The molecule has 0 saturated carbocycles. The molecule has 4 heteroatoms. The fourth-order valence-electron chi connectivity index (χ4n) is 2.38. The summed E-state index contributed by atoms with van der Waals surface area (Å²) in [7, 11) is 0. The SMILES string of the molecule is CCCn1cncc1C(O)c1cccc2ccsc12. The lowest BCUT2D eigenvalue weighted by atomic mass is 10.1. The number of imidazole rings is 1. The van der Waals surface area contributed by atoms with E-state index in [0.29, 0.717) is 0 Å². The van der Waals surface area contributed by atoms with Crippen LogP contribution >= 0.6 is 11.3 Å². The highest BCUT2D eigenvalue weighted by Crippen LogP contribution is 2.32. The highest BCUT2D eigenvalue weighted by Gasteiger charge is 2.17. The van der Waals surface area contributed by atoms with Crippen molar-refractivity contribution in [3.05, 3.63) is 53.4 Å². The summed E-state index contributed by atoms with van der Waals surface area (Å²) in [5.41, 5.74) is 1.83. The second kappa shape index (κ2) is 5.15. The number of rotatable bonds is 4. The van der Waals surface area contributed by atoms with Crippen molar-refractivity contribution < 1.29 is 5.11 Å². The molecule has 98 valence electrons. The molecular weight excluding hydrogens is 256 g/mol. The lowest BCUT2D eigenvalue weighted by molar-refractivity contribution is 0.211. The molecule has 0 radical (unpaired) electrons. The molecule has 1 atom stereocenters. The Balaban J connectivity index is 2.05. The number of fused-ring (bicyclic) bond motifs is 1. The number of aromatic nitrogens is 2. The first-order valence-corrected chi connectivity index (χ1v) is 7.33. The molecule has 0 aliphatic heterocycles. The van der Waals surface area contributed by atoms with Gasteiger partial charge in [-0.1, -0.05) is 25.1 Å². The van der Waals surface area contributed by atoms with Gasteiger partial charge in [0.15, 0.2) is 0 Å². The van der Waals surface area contributed by atoms with Crippen molar-refractivity contribution in [3.63, 3.8) is 0 Å². The van der Waals surface area contributed by atoms with Crippen LogP contribution in [-0.2, 0) is 6.54 Å². The Kier molecular flexibility index (Phi) is 3.36. The Hall–Kier alpha value is -1.65. The van der Waals surface area contributed by atoms with Crippen molar-refractivity contribution in [2.24, 2.45) is 0 Å². The maximum atomic E-state index is 10.7. The Morgan fingerprint density at radius 3 is 3.11 bits per heavy atom. The van der Waals surface area contributed by atoms with Crippen molar-refractivity contribution in [2.45, 2.75) is 26.0 Å². The first kappa shape index (κ1) is 12.4. The number of thiophene rings is 1. The van der Waals surface area contributed by atoms with Gasteiger partial charge in [0.05, 0.1) is 18.2 Å². The van der Waals surface area contributed by atoms with Crippen LogP contribution in [-0.4, -0.2) is 14.7 Å². The lowest BCUT2D eigenvalue weighted by Crippen LogP contribution is -2.08. The largest absolute Gasteiger partial charge is 0.382 e. The Labute approximate surface area is 116 Å². The van der Waals surface area contributed by atoms with Crippen molar-refractivity contribution >= 4 is 21.4 Å². The van der Waals surface area contributed by atoms with E-state index in [-0.39, 0.29) is 0 Å². The van der Waals surface area contributed by atoms with Crippen LogP contribution in [0, 0.1) is 0 Å². The number of nitrogens with zero attached hydrogens (tertiary/aromatic N) is 2. The number of aliphatic hydroxyl groups is 1. The van der Waals surface area contributed by atoms with E-state index < -0.39 is 6.10 Å². The van der Waals surface area contributed by atoms with Crippen molar-refractivity contribution in [1.82, 2.24) is 9.55 Å². The van der Waals surface area contributed by atoms with Crippen LogP contribution in [0.15, 0.2) is 42.2 Å². The van der Waals surface area contributed by atoms with Gasteiger partial charge in [-0.15, -0.1) is 11.3 Å². The zero-order valence-electron chi connectivity index (χ0n) is 10.8. The van der Waals surface area contributed by atoms with Crippen LogP contribution in [0.25, 0.3) is 10.1 Å². The van der Waals surface area contributed by atoms with Gasteiger partial charge in [-0.3, -0.25) is 0 Å². The van der Waals surface area contributed by atoms with E-state index >= 15 is 0 Å². The summed E-state index contributed by atoms with van der Waals surface area (Å²) in [5, 5.41) is 13.9. The monoisotopic (exact) mass is 272 g/mol. The lowest BCUT2D eigenvalue weighted by Gasteiger charge is -2.14. The van der Waals surface area contributed by atoms with Crippen molar-refractivity contribution in [1.29, 1.82) is 0 Å². The van der Waals surface area contributed by atoms with Gasteiger partial charge in [-0.25, -0.2) is 4.98 Å². The third-order valence-electron chi connectivity index (χ3n) is 3.29. The summed E-state index contributed by atoms with van der Waals surface area (Å²) >= 11 is 1.67. The molecule has 0 amide bonds. The Morgan fingerprint density at radius 1 is 1.37 bits per heavy atom. The van der Waals surface area contributed by atoms with Crippen molar-refractivity contribution in [2.75, 3.05) is 0 Å². The van der Waals surface area contributed by atoms with Crippen molar-refractivity contribution in [3.8, 4) is 0 Å². The predicted octanol–water partition coefficient (Wildman–Crippen LogP) is 3.59. The molecule has 0 bridgehead atoms. The first-order valence-electron chi connectivity index (χ1n) is 6.45. The smallest absolute Gasteiger partial charge is 0.122 e. The molecule has 0 fully saturated rings. The fraction of sp³-hybridized carbons (Fsp3) is 0.267. The predicted molar refractivity (Wildman–Crippen MR) is 78.4 cm³/mol. The summed E-state index contributed by atoms with van der Waals surface area (Å²) in [5.74, 6) is 0. The van der Waals surface area contributed by atoms with Gasteiger partial charge in [-0.2, -0.15) is 0 Å². The molecule has 3 nitrogen and oxygen atoms in total. The minimum Gasteiger partial charge on any atom is -0.382 e. The van der Waals surface area contributed by atoms with Gasteiger partial charge in [0.25, 0.3) is 0 Å². The molecule has 2 aromatic heterocycles. The molecule has 3 aromatic rings. The van der Waals surface area contributed by atoms with E-state index in [1.54, 1.807) is 23.9 Å². The van der Waals surface area contributed by atoms with Gasteiger partial charge >= 0.3 is 0 Å². The maximum absolute atomic E-state index is 10.7. The number of hydrogen-bond donors (Lipinski definition) is 1. The molecule has 0 spiro atoms. The summed E-state index contributed by atoms with van der Waals surface area (Å²) < 4.78 is 3.18. The van der Waals surface area contributed by atoms with E-state index in [4.69, 9.17) is 0 Å². The van der Waals surface area contributed by atoms with Gasteiger partial charge in [0, 0.05) is 16.8 Å². The normalized spacial score (nSPS) is 12.9. The van der Waals surface area contributed by atoms with Crippen LogP contribution in [0.3, 0.4) is 0 Å². The second-order valence-electron chi connectivity index (χ2n) is 4.60. The summed E-state index contributed by atoms with van der Waals surface area (Å²) in [4.78, 5) is 4.16. The molecule has 19 heavy (non-hydrogen) atoms. The minimum absolute atomic E-state index is 0.614. The Morgan fingerprint density at radius 2 is 2.26 bits per heavy atom. The Bertz CT molecular complexity index is 686. The molecular formula is C15H16N2OS. The zero-order chi connectivity index (χ0) is 13.2. The third-order valence-corrected chi connectivity index (χ3v) is 4.27. The number of hydrogen-bond acceptors (Lipinski definition) is 3. The van der Waals surface area contributed by atoms with Crippen LogP contribution in [0.1, 0.15) is 30.7 Å². The summed E-state index contributed by atoms with van der Waals surface area (Å²) in [6.45, 7) is 3.00. The quantitative estimate of drug-likeness (QED) is 0.788. The highest BCUT2D eigenvalue weighted by molar-refractivity contribution is 7.17. The third kappa shape index (κ3) is 2.17. The van der Waals surface area contributed by atoms with E-state index in [9.17, 15) is 5.11 Å². The minimum atomic E-state index is -0.614. The molecule has 3 rings (SSSR count). The molecule has 0 aliphatic carbocycles. The standard InChI is InChI=1S/C15H16N2OS/c1-2-7-17-10-16-9-13(17)14(18)12-5-3-4-11-6-8-19-15(11)12/h3-6,8-10,14,18H,2,7H2,1H3. The average molecular weight is 272 g/mol. The van der Waals surface area contributed by atoms with Crippen LogP contribution in [0.2, 0.25) is 0 Å². The number of aryl methyl sites for hydroxylation is 1. The number of aliphatic hydroxyl groups excluding tert-OH is 1. The van der Waals surface area contributed by atoms with Crippen LogP contribution < -0.4 is 0 Å². The number of benzene rings is 1. The van der Waals surface area contributed by atoms with Gasteiger partial charge < -0.3 is 9.67 Å². The molecule has 1 N–H and O–H groups in total. The van der Waals surface area contributed by atoms with E-state index in [1.807, 2.05) is 16.7 Å². The van der Waals surface area contributed by atoms with Gasteiger partial charge in [0.1, 0.15) is 6.10 Å². The van der Waals surface area contributed by atoms with E-state index in [1.165, 1.54) is 5.39 Å². The second-order valence-corrected chi connectivity index (χ2v) is 5.52. The summed E-state index contributed by atoms with van der Waals surface area (Å²) in [6, 6.07) is 8.14. The van der Waals surface area contributed by atoms with Crippen LogP contribution in [0.4, 0.5) is 0 Å². The molecule has 0 saturated heterocycles. The zero-order valence-corrected chi connectivity index (χ0v) is 11.6. The first-order chi connectivity index (χ1) is 9.31. The molecule has 2 heterocycles. The van der Waals surface area contributed by atoms with Gasteiger partial charge in [-0.05, 0) is 23.3 Å². The summed E-state index contributed by atoms with van der Waals surface area (Å²) in [6.07, 6.45) is 3.96. The average Bonchev–Trinajstić information content (AvgIpc) is 3.06. The molecule has 1 aromatic carbocycles.